The first-order valence-corrected chi connectivity index (χ1v) is 5.26. The highest BCUT2D eigenvalue weighted by Gasteiger charge is 2.14. The van der Waals surface area contributed by atoms with Crippen molar-refractivity contribution in [1.82, 2.24) is 14.9 Å². The summed E-state index contributed by atoms with van der Waals surface area (Å²) in [6, 6.07) is 5.88. The van der Waals surface area contributed by atoms with Crippen molar-refractivity contribution in [2.75, 3.05) is 13.1 Å². The Kier molecular flexibility index (Phi) is 1.86. The average molecular weight is 216 g/mol. The largest absolute Gasteiger partial charge is 0.354 e. The van der Waals surface area contributed by atoms with E-state index in [1.807, 2.05) is 25.1 Å². The summed E-state index contributed by atoms with van der Waals surface area (Å²) in [7, 11) is 0. The van der Waals surface area contributed by atoms with E-state index >= 15 is 0 Å². The minimum Gasteiger partial charge on any atom is -0.354 e. The third-order valence-corrected chi connectivity index (χ3v) is 2.71. The lowest BCUT2D eigenvalue weighted by atomic mass is 10.2. The molecule has 0 radical (unpaired) electrons. The first-order chi connectivity index (χ1) is 7.75. The number of hydrogen-bond donors (Lipinski definition) is 2. The highest BCUT2D eigenvalue weighted by molar-refractivity contribution is 5.92. The van der Waals surface area contributed by atoms with E-state index in [4.69, 9.17) is 0 Å². The summed E-state index contributed by atoms with van der Waals surface area (Å²) in [5.41, 5.74) is 2.70. The second-order valence-electron chi connectivity index (χ2n) is 3.92. The van der Waals surface area contributed by atoms with Gasteiger partial charge in [0, 0.05) is 6.54 Å². The van der Waals surface area contributed by atoms with Crippen LogP contribution in [0.4, 0.5) is 0 Å². The molecule has 0 saturated carbocycles. The van der Waals surface area contributed by atoms with Crippen molar-refractivity contribution in [3.05, 3.63) is 34.2 Å². The van der Waals surface area contributed by atoms with E-state index in [9.17, 15) is 4.79 Å². The number of aliphatic imine (C=N–C) groups is 1. The molecule has 0 atom stereocenters. The second-order valence-corrected chi connectivity index (χ2v) is 3.92. The number of nitrogens with zero attached hydrogens (tertiary/aromatic N) is 2. The van der Waals surface area contributed by atoms with Gasteiger partial charge in [-0.25, -0.2) is 9.36 Å². The Balaban J connectivity index is 2.31. The van der Waals surface area contributed by atoms with Gasteiger partial charge >= 0.3 is 5.69 Å². The van der Waals surface area contributed by atoms with Crippen molar-refractivity contribution in [3.63, 3.8) is 0 Å². The summed E-state index contributed by atoms with van der Waals surface area (Å²) in [5.74, 6) is 0.639. The molecule has 2 heterocycles. The summed E-state index contributed by atoms with van der Waals surface area (Å²) in [6.07, 6.45) is 0. The van der Waals surface area contributed by atoms with Crippen LogP contribution in [0.15, 0.2) is 28.0 Å². The number of imidazole rings is 1. The monoisotopic (exact) mass is 216 g/mol. The Morgan fingerprint density at radius 3 is 3.06 bits per heavy atom. The zero-order chi connectivity index (χ0) is 11.1. The van der Waals surface area contributed by atoms with Gasteiger partial charge in [0.05, 0.1) is 17.6 Å². The van der Waals surface area contributed by atoms with Crippen molar-refractivity contribution < 1.29 is 0 Å². The number of benzene rings is 1. The molecule has 3 rings (SSSR count). The van der Waals surface area contributed by atoms with Crippen LogP contribution in [0.3, 0.4) is 0 Å². The van der Waals surface area contributed by atoms with Crippen LogP contribution in [0.5, 0.6) is 0 Å². The molecule has 0 saturated heterocycles. The van der Waals surface area contributed by atoms with Crippen molar-refractivity contribution in [2.24, 2.45) is 4.99 Å². The number of rotatable bonds is 0. The van der Waals surface area contributed by atoms with E-state index in [-0.39, 0.29) is 5.69 Å². The summed E-state index contributed by atoms with van der Waals surface area (Å²) in [4.78, 5) is 18.9. The molecule has 82 valence electrons. The van der Waals surface area contributed by atoms with E-state index in [0.717, 1.165) is 29.7 Å². The van der Waals surface area contributed by atoms with Gasteiger partial charge in [0.15, 0.2) is 0 Å². The predicted octanol–water partition coefficient (Wildman–Crippen LogP) is 0.445. The van der Waals surface area contributed by atoms with E-state index < -0.39 is 0 Å². The third kappa shape index (κ3) is 1.25. The van der Waals surface area contributed by atoms with Crippen LogP contribution >= 0.6 is 0 Å². The highest BCUT2D eigenvalue weighted by atomic mass is 16.1. The standard InChI is InChI=1S/C11H12N4O/c1-7-2-3-9-8(6-7)14-11(16)15(9)10-12-4-5-13-10/h2-3,6H,4-5H2,1H3,(H,12,13)(H,14,16). The van der Waals surface area contributed by atoms with Crippen LogP contribution in [0.1, 0.15) is 5.56 Å². The van der Waals surface area contributed by atoms with E-state index in [2.05, 4.69) is 15.3 Å². The van der Waals surface area contributed by atoms with Crippen LogP contribution in [0.2, 0.25) is 0 Å². The predicted molar refractivity (Wildman–Crippen MR) is 63.0 cm³/mol. The summed E-state index contributed by atoms with van der Waals surface area (Å²) in [5, 5.41) is 3.10. The molecule has 0 aliphatic carbocycles. The maximum absolute atomic E-state index is 11.8. The van der Waals surface area contributed by atoms with Crippen LogP contribution in [-0.4, -0.2) is 28.6 Å². The molecular weight excluding hydrogens is 204 g/mol. The van der Waals surface area contributed by atoms with Crippen molar-refractivity contribution in [3.8, 4) is 0 Å². The first kappa shape index (κ1) is 9.21. The Morgan fingerprint density at radius 1 is 1.44 bits per heavy atom. The Labute approximate surface area is 91.8 Å². The fourth-order valence-corrected chi connectivity index (χ4v) is 1.97. The molecular formula is C11H12N4O. The Morgan fingerprint density at radius 2 is 2.31 bits per heavy atom. The van der Waals surface area contributed by atoms with Gasteiger partial charge in [-0.05, 0) is 24.6 Å². The second kappa shape index (κ2) is 3.23. The number of H-pyrrole nitrogens is 1. The molecule has 1 aliphatic rings. The maximum atomic E-state index is 11.8. The molecule has 1 aliphatic heterocycles. The smallest absolute Gasteiger partial charge is 0.333 e. The van der Waals surface area contributed by atoms with Crippen LogP contribution in [0, 0.1) is 6.92 Å². The van der Waals surface area contributed by atoms with E-state index in [1.165, 1.54) is 0 Å². The number of aromatic nitrogens is 2. The maximum Gasteiger partial charge on any atom is 0.333 e. The molecule has 1 aromatic carbocycles. The van der Waals surface area contributed by atoms with Crippen molar-refractivity contribution in [1.29, 1.82) is 0 Å². The van der Waals surface area contributed by atoms with Crippen molar-refractivity contribution in [2.45, 2.75) is 6.92 Å². The minimum atomic E-state index is -0.145. The van der Waals surface area contributed by atoms with Crippen LogP contribution < -0.4 is 11.0 Å². The molecule has 0 unspecified atom stereocenters. The fourth-order valence-electron chi connectivity index (χ4n) is 1.97. The van der Waals surface area contributed by atoms with Gasteiger partial charge in [0.2, 0.25) is 5.96 Å². The van der Waals surface area contributed by atoms with E-state index in [1.54, 1.807) is 4.57 Å². The number of hydrogen-bond acceptors (Lipinski definition) is 3. The zero-order valence-electron chi connectivity index (χ0n) is 8.95. The topological polar surface area (TPSA) is 62.2 Å². The molecule has 2 aromatic rings. The lowest BCUT2D eigenvalue weighted by Gasteiger charge is -2.02. The fraction of sp³-hybridized carbons (Fsp3) is 0.273. The minimum absolute atomic E-state index is 0.145. The third-order valence-electron chi connectivity index (χ3n) is 2.71. The summed E-state index contributed by atoms with van der Waals surface area (Å²) in [6.45, 7) is 3.51. The molecule has 0 bridgehead atoms. The van der Waals surface area contributed by atoms with Crippen LogP contribution in [0.25, 0.3) is 11.0 Å². The highest BCUT2D eigenvalue weighted by Crippen LogP contribution is 2.12. The molecule has 16 heavy (non-hydrogen) atoms. The Hall–Kier alpha value is -2.04. The molecule has 5 nitrogen and oxygen atoms in total. The van der Waals surface area contributed by atoms with Gasteiger partial charge in [-0.1, -0.05) is 6.07 Å². The normalized spacial score (nSPS) is 15.2. The van der Waals surface area contributed by atoms with Gasteiger partial charge in [0.1, 0.15) is 0 Å². The van der Waals surface area contributed by atoms with Gasteiger partial charge in [-0.2, -0.15) is 0 Å². The van der Waals surface area contributed by atoms with Gasteiger partial charge in [0.25, 0.3) is 0 Å². The molecule has 0 fully saturated rings. The lowest BCUT2D eigenvalue weighted by molar-refractivity contribution is 0.933. The van der Waals surface area contributed by atoms with Crippen LogP contribution in [-0.2, 0) is 0 Å². The number of nitrogens with one attached hydrogen (secondary N) is 2. The first-order valence-electron chi connectivity index (χ1n) is 5.26. The van der Waals surface area contributed by atoms with Crippen molar-refractivity contribution >= 4 is 17.0 Å². The summed E-state index contributed by atoms with van der Waals surface area (Å²) < 4.78 is 1.59. The number of aromatic amines is 1. The molecule has 5 heteroatoms. The van der Waals surface area contributed by atoms with Gasteiger partial charge < -0.3 is 10.3 Å². The molecule has 0 spiro atoms. The molecule has 1 aromatic heterocycles. The molecule has 0 amide bonds. The Bertz CT molecular complexity index is 635. The summed E-state index contributed by atoms with van der Waals surface area (Å²) >= 11 is 0. The molecule has 2 N–H and O–H groups in total. The zero-order valence-corrected chi connectivity index (χ0v) is 8.95. The lowest BCUT2D eigenvalue weighted by Crippen LogP contribution is -2.33. The quantitative estimate of drug-likeness (QED) is 0.671. The number of fused-ring (bicyclic) bond motifs is 1. The van der Waals surface area contributed by atoms with Gasteiger partial charge in [-0.15, -0.1) is 0 Å². The number of aryl methyl sites for hydroxylation is 1. The van der Waals surface area contributed by atoms with Gasteiger partial charge in [-0.3, -0.25) is 4.99 Å². The SMILES string of the molecule is Cc1ccc2c(c1)[nH]c(=O)n2C1=NCCN1. The van der Waals surface area contributed by atoms with E-state index in [0.29, 0.717) is 5.96 Å². The average Bonchev–Trinajstić information content (AvgIpc) is 2.83.